The summed E-state index contributed by atoms with van der Waals surface area (Å²) in [5.74, 6) is 1.63. The number of alkyl halides is 2. The Morgan fingerprint density at radius 2 is 1.90 bits per heavy atom. The molecule has 0 heterocycles. The maximum absolute atomic E-state index is 15.8. The van der Waals surface area contributed by atoms with E-state index in [1.54, 1.807) is 0 Å². The number of carbonyl (C=O) groups is 3. The monoisotopic (exact) mass is 482 g/mol. The maximum Gasteiger partial charge on any atom is 0.303 e. The van der Waals surface area contributed by atoms with Crippen molar-refractivity contribution in [3.8, 4) is 0 Å². The topological polar surface area (TPSA) is 60.4 Å². The fraction of sp³-hybridized carbons (Fsp3) is 0.875. The van der Waals surface area contributed by atoms with Crippen molar-refractivity contribution < 1.29 is 23.5 Å². The fourth-order valence-electron chi connectivity index (χ4n) is 8.82. The van der Waals surface area contributed by atoms with Crippen LogP contribution in [0.1, 0.15) is 65.7 Å². The number of hydrogen-bond acceptors (Lipinski definition) is 4. The van der Waals surface area contributed by atoms with E-state index in [0.29, 0.717) is 42.9 Å². The highest BCUT2D eigenvalue weighted by atomic mass is 79.9. The third-order valence-corrected chi connectivity index (χ3v) is 11.8. The van der Waals surface area contributed by atoms with Gasteiger partial charge in [-0.3, -0.25) is 14.4 Å². The van der Waals surface area contributed by atoms with Gasteiger partial charge >= 0.3 is 5.97 Å². The molecule has 5 rings (SSSR count). The molecule has 5 fully saturated rings. The minimum absolute atomic E-state index is 0.0538. The van der Waals surface area contributed by atoms with Crippen LogP contribution in [0.2, 0.25) is 0 Å². The maximum atomic E-state index is 15.8. The van der Waals surface area contributed by atoms with E-state index in [-0.39, 0.29) is 40.8 Å². The lowest BCUT2D eigenvalue weighted by atomic mass is 9.43. The summed E-state index contributed by atoms with van der Waals surface area (Å²) >= 11 is 3.78. The van der Waals surface area contributed by atoms with E-state index >= 15 is 4.39 Å². The average Bonchev–Trinajstić information content (AvgIpc) is 3.36. The molecule has 0 aromatic carbocycles. The molecule has 0 aromatic rings. The van der Waals surface area contributed by atoms with Gasteiger partial charge in [0.25, 0.3) is 0 Å². The van der Waals surface area contributed by atoms with Gasteiger partial charge in [0.05, 0.1) is 4.32 Å². The smallest absolute Gasteiger partial charge is 0.303 e. The van der Waals surface area contributed by atoms with Gasteiger partial charge in [0.1, 0.15) is 18.6 Å². The molecule has 0 amide bonds. The van der Waals surface area contributed by atoms with Crippen LogP contribution in [0.5, 0.6) is 0 Å². The van der Waals surface area contributed by atoms with Crippen LogP contribution < -0.4 is 0 Å². The summed E-state index contributed by atoms with van der Waals surface area (Å²) in [7, 11) is 0. The number of hydrogen-bond donors (Lipinski definition) is 0. The molecule has 0 spiro atoms. The summed E-state index contributed by atoms with van der Waals surface area (Å²) in [6.07, 6.45) is 4.06. The van der Waals surface area contributed by atoms with Crippen LogP contribution in [0.4, 0.5) is 4.39 Å². The molecule has 0 radical (unpaired) electrons. The van der Waals surface area contributed by atoms with Crippen molar-refractivity contribution in [1.82, 2.24) is 0 Å². The Morgan fingerprint density at radius 3 is 2.60 bits per heavy atom. The van der Waals surface area contributed by atoms with E-state index in [2.05, 4.69) is 29.8 Å². The molecule has 5 saturated carbocycles. The number of carbonyl (C=O) groups excluding carboxylic acids is 3. The Labute approximate surface area is 186 Å². The third-order valence-electron chi connectivity index (χ3n) is 10.1. The highest BCUT2D eigenvalue weighted by Gasteiger charge is 2.74. The molecule has 0 N–H and O–H groups in total. The van der Waals surface area contributed by atoms with Gasteiger partial charge in [0.15, 0.2) is 5.78 Å². The SMILES string of the molecule is CC(=O)OCC(=O)[C@H]1[C@@H]2C[C@@H]2[C@H]2[C@@H]3C[C@@H](F)[C@@]4(Br)CC(=O)CC[C@]4(C)[C@H]3CC[C@@]21C. The Hall–Kier alpha value is -0.780. The van der Waals surface area contributed by atoms with Crippen molar-refractivity contribution in [2.75, 3.05) is 6.61 Å². The number of esters is 1. The summed E-state index contributed by atoms with van der Waals surface area (Å²) in [5.41, 5.74) is -0.354. The Balaban J connectivity index is 1.45. The van der Waals surface area contributed by atoms with Gasteiger partial charge in [0.2, 0.25) is 0 Å². The molecule has 0 bridgehead atoms. The van der Waals surface area contributed by atoms with Crippen LogP contribution in [0.3, 0.4) is 0 Å². The number of fused-ring (bicyclic) bond motifs is 7. The molecule has 30 heavy (non-hydrogen) atoms. The molecule has 5 aliphatic rings. The fourth-order valence-corrected chi connectivity index (χ4v) is 9.81. The van der Waals surface area contributed by atoms with Gasteiger partial charge in [-0.1, -0.05) is 29.8 Å². The zero-order valence-corrected chi connectivity index (χ0v) is 19.7. The average molecular weight is 483 g/mol. The number of rotatable bonds is 3. The molecule has 4 nitrogen and oxygen atoms in total. The van der Waals surface area contributed by atoms with E-state index in [0.717, 1.165) is 25.7 Å². The second-order valence-corrected chi connectivity index (χ2v) is 12.7. The minimum atomic E-state index is -1.04. The Kier molecular flexibility index (Phi) is 4.65. The van der Waals surface area contributed by atoms with Crippen LogP contribution in [-0.4, -0.2) is 34.6 Å². The van der Waals surface area contributed by atoms with Gasteiger partial charge < -0.3 is 4.74 Å². The first-order valence-corrected chi connectivity index (χ1v) is 12.3. The van der Waals surface area contributed by atoms with Crippen molar-refractivity contribution in [3.05, 3.63) is 0 Å². The molecule has 0 saturated heterocycles. The van der Waals surface area contributed by atoms with Crippen molar-refractivity contribution >= 4 is 33.5 Å². The first-order chi connectivity index (χ1) is 14.0. The predicted octanol–water partition coefficient (Wildman–Crippen LogP) is 4.67. The summed E-state index contributed by atoms with van der Waals surface area (Å²) in [6.45, 7) is 5.66. The van der Waals surface area contributed by atoms with Crippen molar-refractivity contribution in [2.24, 2.45) is 46.3 Å². The highest BCUT2D eigenvalue weighted by molar-refractivity contribution is 9.10. The number of ether oxygens (including phenoxy) is 1. The van der Waals surface area contributed by atoms with Crippen molar-refractivity contribution in [3.63, 3.8) is 0 Å². The van der Waals surface area contributed by atoms with E-state index in [9.17, 15) is 14.4 Å². The van der Waals surface area contributed by atoms with Gasteiger partial charge in [-0.15, -0.1) is 0 Å². The van der Waals surface area contributed by atoms with E-state index < -0.39 is 16.5 Å². The number of halogens is 2. The van der Waals surface area contributed by atoms with E-state index in [1.165, 1.54) is 6.92 Å². The van der Waals surface area contributed by atoms with Crippen LogP contribution in [0.25, 0.3) is 0 Å². The lowest BCUT2D eigenvalue weighted by molar-refractivity contribution is -0.156. The van der Waals surface area contributed by atoms with Gasteiger partial charge in [0, 0.05) is 25.7 Å². The van der Waals surface area contributed by atoms with Gasteiger partial charge in [-0.25, -0.2) is 4.39 Å². The van der Waals surface area contributed by atoms with E-state index in [4.69, 9.17) is 4.74 Å². The number of Topliss-reactive ketones (excluding diaryl/α,β-unsaturated/α-hetero) is 2. The normalized spacial score (nSPS) is 53.8. The summed E-state index contributed by atoms with van der Waals surface area (Å²) in [5, 5.41) is 0. The molecular formula is C24H32BrFO4. The zero-order chi connectivity index (χ0) is 21.6. The summed E-state index contributed by atoms with van der Waals surface area (Å²) in [6, 6.07) is 0. The molecule has 0 unspecified atom stereocenters. The highest BCUT2D eigenvalue weighted by Crippen LogP contribution is 2.77. The van der Waals surface area contributed by atoms with Crippen LogP contribution >= 0.6 is 15.9 Å². The van der Waals surface area contributed by atoms with Crippen LogP contribution in [0.15, 0.2) is 0 Å². The second kappa shape index (κ2) is 6.62. The molecular weight excluding hydrogens is 451 g/mol. The largest absolute Gasteiger partial charge is 0.458 e. The lowest BCUT2D eigenvalue weighted by Crippen LogP contribution is -2.64. The first kappa shape index (κ1) is 21.1. The van der Waals surface area contributed by atoms with Crippen molar-refractivity contribution in [1.29, 1.82) is 0 Å². The molecule has 166 valence electrons. The Morgan fingerprint density at radius 1 is 1.17 bits per heavy atom. The van der Waals surface area contributed by atoms with Gasteiger partial charge in [-0.2, -0.15) is 0 Å². The van der Waals surface area contributed by atoms with Crippen LogP contribution in [-0.2, 0) is 19.1 Å². The predicted molar refractivity (Wildman–Crippen MR) is 113 cm³/mol. The number of ketones is 2. The minimum Gasteiger partial charge on any atom is -0.458 e. The van der Waals surface area contributed by atoms with Crippen LogP contribution in [0, 0.1) is 46.3 Å². The Bertz CT molecular complexity index is 815. The summed E-state index contributed by atoms with van der Waals surface area (Å²) < 4.78 is 20.1. The van der Waals surface area contributed by atoms with E-state index in [1.807, 2.05) is 0 Å². The second-order valence-electron chi connectivity index (χ2n) is 11.3. The lowest BCUT2D eigenvalue weighted by Gasteiger charge is -2.64. The quantitative estimate of drug-likeness (QED) is 0.433. The third kappa shape index (κ3) is 2.64. The summed E-state index contributed by atoms with van der Waals surface area (Å²) in [4.78, 5) is 36.5. The molecule has 0 aromatic heterocycles. The molecule has 0 aliphatic heterocycles. The molecule has 6 heteroatoms. The van der Waals surface area contributed by atoms with Crippen molar-refractivity contribution in [2.45, 2.75) is 76.2 Å². The molecule has 10 atom stereocenters. The molecule has 5 aliphatic carbocycles. The standard InChI is InChI=1S/C24H32BrFO4/c1-12(27)30-11-18(29)21-15-8-14(15)20-16-9-19(26)24(25)10-13(28)4-7-23(24,3)17(16)5-6-22(20,21)2/h14-17,19-21H,4-11H2,1-3H3/t14-,15+,16+,17-,19+,20-,21+,22-,23+,24-/m0/s1. The zero-order valence-electron chi connectivity index (χ0n) is 18.1. The van der Waals surface area contributed by atoms with Gasteiger partial charge in [-0.05, 0) is 72.5 Å². The first-order valence-electron chi connectivity index (χ1n) is 11.5.